The zero-order chi connectivity index (χ0) is 12.7. The Kier molecular flexibility index (Phi) is 9.31. The summed E-state index contributed by atoms with van der Waals surface area (Å²) in [4.78, 5) is 11.6. The van der Waals surface area contributed by atoms with Crippen molar-refractivity contribution in [3.05, 3.63) is 33.1 Å². The summed E-state index contributed by atoms with van der Waals surface area (Å²) in [5.41, 5.74) is 0.360. The lowest BCUT2D eigenvalue weighted by Crippen LogP contribution is -2.32. The van der Waals surface area contributed by atoms with Gasteiger partial charge in [0.1, 0.15) is 5.82 Å². The SMILES string of the molecule is CCCNCCNC(=O)c1ccc(I)c(F)c1.Cl. The molecule has 0 aliphatic carbocycles. The van der Waals surface area contributed by atoms with E-state index in [1.165, 1.54) is 6.07 Å². The van der Waals surface area contributed by atoms with Crippen molar-refractivity contribution < 1.29 is 9.18 Å². The highest BCUT2D eigenvalue weighted by Gasteiger charge is 2.07. The normalized spacial score (nSPS) is 9.72. The minimum Gasteiger partial charge on any atom is -0.351 e. The van der Waals surface area contributed by atoms with E-state index in [1.807, 2.05) is 22.6 Å². The summed E-state index contributed by atoms with van der Waals surface area (Å²) in [6.07, 6.45) is 1.07. The molecule has 0 atom stereocenters. The van der Waals surface area contributed by atoms with Crippen LogP contribution in [-0.4, -0.2) is 25.5 Å². The predicted octanol–water partition coefficient (Wildman–Crippen LogP) is 2.58. The van der Waals surface area contributed by atoms with Crippen LogP contribution in [0.2, 0.25) is 0 Å². The molecule has 0 saturated heterocycles. The molecule has 1 rings (SSSR count). The fraction of sp³-hybridized carbons (Fsp3) is 0.417. The first-order valence-electron chi connectivity index (χ1n) is 5.59. The van der Waals surface area contributed by atoms with E-state index in [0.29, 0.717) is 15.7 Å². The van der Waals surface area contributed by atoms with Crippen molar-refractivity contribution >= 4 is 40.9 Å². The van der Waals surface area contributed by atoms with Crippen LogP contribution in [0.3, 0.4) is 0 Å². The van der Waals surface area contributed by atoms with Crippen LogP contribution < -0.4 is 10.6 Å². The summed E-state index contributed by atoms with van der Waals surface area (Å²) >= 11 is 1.89. The van der Waals surface area contributed by atoms with Crippen LogP contribution in [0.1, 0.15) is 23.7 Å². The second kappa shape index (κ2) is 9.52. The summed E-state index contributed by atoms with van der Waals surface area (Å²) in [5, 5.41) is 5.91. The van der Waals surface area contributed by atoms with Crippen LogP contribution in [0.15, 0.2) is 18.2 Å². The Hall–Kier alpha value is -0.400. The van der Waals surface area contributed by atoms with Gasteiger partial charge in [-0.2, -0.15) is 0 Å². The lowest BCUT2D eigenvalue weighted by atomic mass is 10.2. The smallest absolute Gasteiger partial charge is 0.251 e. The number of nitrogens with one attached hydrogen (secondary N) is 2. The summed E-state index contributed by atoms with van der Waals surface area (Å²) in [5.74, 6) is -0.596. The van der Waals surface area contributed by atoms with Crippen molar-refractivity contribution in [1.29, 1.82) is 0 Å². The largest absolute Gasteiger partial charge is 0.351 e. The number of hydrogen-bond donors (Lipinski definition) is 2. The number of rotatable bonds is 6. The third-order valence-corrected chi connectivity index (χ3v) is 3.07. The fourth-order valence-electron chi connectivity index (χ4n) is 1.31. The van der Waals surface area contributed by atoms with Crippen LogP contribution in [0.5, 0.6) is 0 Å². The van der Waals surface area contributed by atoms with E-state index in [0.717, 1.165) is 19.5 Å². The number of carbonyl (C=O) groups is 1. The van der Waals surface area contributed by atoms with Crippen LogP contribution in [0, 0.1) is 9.39 Å². The molecule has 18 heavy (non-hydrogen) atoms. The maximum Gasteiger partial charge on any atom is 0.251 e. The Morgan fingerprint density at radius 1 is 1.33 bits per heavy atom. The van der Waals surface area contributed by atoms with E-state index in [1.54, 1.807) is 12.1 Å². The van der Waals surface area contributed by atoms with Gasteiger partial charge in [0.2, 0.25) is 0 Å². The van der Waals surface area contributed by atoms with E-state index in [2.05, 4.69) is 17.6 Å². The topological polar surface area (TPSA) is 41.1 Å². The number of benzene rings is 1. The molecule has 1 amide bonds. The number of carbonyl (C=O) groups excluding carboxylic acids is 1. The third kappa shape index (κ3) is 5.97. The van der Waals surface area contributed by atoms with Crippen molar-refractivity contribution in [2.75, 3.05) is 19.6 Å². The molecule has 0 saturated carbocycles. The van der Waals surface area contributed by atoms with Crippen molar-refractivity contribution in [1.82, 2.24) is 10.6 Å². The van der Waals surface area contributed by atoms with Gasteiger partial charge >= 0.3 is 0 Å². The lowest BCUT2D eigenvalue weighted by molar-refractivity contribution is 0.0953. The van der Waals surface area contributed by atoms with Gasteiger partial charge in [0.05, 0.1) is 0 Å². The molecule has 0 unspecified atom stereocenters. The molecule has 6 heteroatoms. The highest BCUT2D eigenvalue weighted by atomic mass is 127. The molecule has 0 aliphatic heterocycles. The van der Waals surface area contributed by atoms with Gasteiger partial charge in [0.25, 0.3) is 5.91 Å². The van der Waals surface area contributed by atoms with E-state index in [4.69, 9.17) is 0 Å². The molecular formula is C12H17ClFIN2O. The molecule has 102 valence electrons. The van der Waals surface area contributed by atoms with E-state index >= 15 is 0 Å². The van der Waals surface area contributed by atoms with Gasteiger partial charge in [0, 0.05) is 22.2 Å². The summed E-state index contributed by atoms with van der Waals surface area (Å²) in [6.45, 7) is 4.30. The van der Waals surface area contributed by atoms with Gasteiger partial charge in [-0.25, -0.2) is 4.39 Å². The molecule has 1 aromatic carbocycles. The first-order valence-corrected chi connectivity index (χ1v) is 6.67. The monoisotopic (exact) mass is 386 g/mol. The number of halogens is 3. The van der Waals surface area contributed by atoms with Crippen LogP contribution in [0.4, 0.5) is 4.39 Å². The second-order valence-electron chi connectivity index (χ2n) is 3.63. The van der Waals surface area contributed by atoms with Crippen molar-refractivity contribution in [2.24, 2.45) is 0 Å². The Morgan fingerprint density at radius 2 is 2.06 bits per heavy atom. The van der Waals surface area contributed by atoms with E-state index < -0.39 is 0 Å². The number of amides is 1. The van der Waals surface area contributed by atoms with Crippen LogP contribution in [0.25, 0.3) is 0 Å². The van der Waals surface area contributed by atoms with Gasteiger partial charge in [-0.3, -0.25) is 4.79 Å². The first-order chi connectivity index (χ1) is 8.15. The van der Waals surface area contributed by atoms with Crippen molar-refractivity contribution in [3.8, 4) is 0 Å². The molecule has 0 fully saturated rings. The average Bonchev–Trinajstić information content (AvgIpc) is 2.32. The minimum absolute atomic E-state index is 0. The highest BCUT2D eigenvalue weighted by molar-refractivity contribution is 14.1. The van der Waals surface area contributed by atoms with Gasteiger partial charge in [0.15, 0.2) is 0 Å². The van der Waals surface area contributed by atoms with Crippen LogP contribution in [-0.2, 0) is 0 Å². The maximum absolute atomic E-state index is 13.2. The van der Waals surface area contributed by atoms with Gasteiger partial charge < -0.3 is 10.6 Å². The molecule has 0 spiro atoms. The Morgan fingerprint density at radius 3 is 2.67 bits per heavy atom. The zero-order valence-corrected chi connectivity index (χ0v) is 13.1. The molecule has 0 heterocycles. The minimum atomic E-state index is -0.359. The standard InChI is InChI=1S/C12H16FIN2O.ClH/c1-2-5-15-6-7-16-12(17)9-3-4-11(14)10(13)8-9;/h3-4,8,15H,2,5-7H2,1H3,(H,16,17);1H. The molecular weight excluding hydrogens is 370 g/mol. The quantitative estimate of drug-likeness (QED) is 0.583. The van der Waals surface area contributed by atoms with Crippen molar-refractivity contribution in [3.63, 3.8) is 0 Å². The van der Waals surface area contributed by atoms with Crippen LogP contribution >= 0.6 is 35.0 Å². The fourth-order valence-corrected chi connectivity index (χ4v) is 1.64. The second-order valence-corrected chi connectivity index (χ2v) is 4.80. The van der Waals surface area contributed by atoms with Gasteiger partial charge in [-0.1, -0.05) is 6.92 Å². The molecule has 3 nitrogen and oxygen atoms in total. The Labute approximate surface area is 126 Å². The lowest BCUT2D eigenvalue weighted by Gasteiger charge is -2.06. The molecule has 0 aliphatic rings. The third-order valence-electron chi connectivity index (χ3n) is 2.20. The molecule has 0 aromatic heterocycles. The van der Waals surface area contributed by atoms with Crippen molar-refractivity contribution in [2.45, 2.75) is 13.3 Å². The zero-order valence-electron chi connectivity index (χ0n) is 10.1. The first kappa shape index (κ1) is 17.6. The molecule has 0 bridgehead atoms. The summed E-state index contributed by atoms with van der Waals surface area (Å²) < 4.78 is 13.7. The predicted molar refractivity (Wildman–Crippen MR) is 81.9 cm³/mol. The van der Waals surface area contributed by atoms with Gasteiger partial charge in [-0.15, -0.1) is 12.4 Å². The molecule has 0 radical (unpaired) electrons. The summed E-state index contributed by atoms with van der Waals surface area (Å²) in [6, 6.07) is 4.48. The summed E-state index contributed by atoms with van der Waals surface area (Å²) in [7, 11) is 0. The van der Waals surface area contributed by atoms with E-state index in [-0.39, 0.29) is 24.1 Å². The highest BCUT2D eigenvalue weighted by Crippen LogP contribution is 2.12. The maximum atomic E-state index is 13.2. The number of hydrogen-bond acceptors (Lipinski definition) is 2. The Balaban J connectivity index is 0.00000289. The molecule has 1 aromatic rings. The average molecular weight is 387 g/mol. The molecule has 2 N–H and O–H groups in total. The Bertz CT molecular complexity index is 390. The van der Waals surface area contributed by atoms with E-state index in [9.17, 15) is 9.18 Å². The van der Waals surface area contributed by atoms with Gasteiger partial charge in [-0.05, 0) is 53.8 Å².